The summed E-state index contributed by atoms with van der Waals surface area (Å²) in [6.45, 7) is 3.59. The summed E-state index contributed by atoms with van der Waals surface area (Å²) >= 11 is 2.41. The van der Waals surface area contributed by atoms with Crippen LogP contribution in [0.15, 0.2) is 5.16 Å². The van der Waals surface area contributed by atoms with Crippen molar-refractivity contribution >= 4 is 45.9 Å². The van der Waals surface area contributed by atoms with E-state index >= 15 is 0 Å². The number of amides is 2. The molecule has 0 bridgehead atoms. The van der Waals surface area contributed by atoms with Crippen molar-refractivity contribution in [3.63, 3.8) is 0 Å². The molecule has 2 heterocycles. The van der Waals surface area contributed by atoms with E-state index < -0.39 is 5.97 Å². The summed E-state index contributed by atoms with van der Waals surface area (Å²) < 4.78 is 7.32. The maximum atomic E-state index is 12.7. The van der Waals surface area contributed by atoms with Gasteiger partial charge in [0, 0.05) is 19.0 Å². The second kappa shape index (κ2) is 8.99. The zero-order valence-corrected chi connectivity index (χ0v) is 19.3. The lowest BCUT2D eigenvalue weighted by Crippen LogP contribution is -2.18. The van der Waals surface area contributed by atoms with Crippen molar-refractivity contribution in [3.8, 4) is 0 Å². The third-order valence-corrected chi connectivity index (χ3v) is 7.34. The smallest absolute Gasteiger partial charge is 0.341 e. The molecule has 0 saturated heterocycles. The maximum Gasteiger partial charge on any atom is 0.341 e. The van der Waals surface area contributed by atoms with Crippen LogP contribution < -0.4 is 10.6 Å². The van der Waals surface area contributed by atoms with Crippen molar-refractivity contribution < 1.29 is 19.1 Å². The molecule has 2 aromatic heterocycles. The highest BCUT2D eigenvalue weighted by Gasteiger charge is 2.36. The molecule has 2 saturated carbocycles. The summed E-state index contributed by atoms with van der Waals surface area (Å²) in [6, 6.07) is 0.446. The average molecular weight is 464 g/mol. The molecule has 2 N–H and O–H groups in total. The van der Waals surface area contributed by atoms with Crippen LogP contribution in [0.25, 0.3) is 0 Å². The minimum atomic E-state index is -0.558. The molecule has 9 nitrogen and oxygen atoms in total. The largest absolute Gasteiger partial charge is 0.462 e. The van der Waals surface area contributed by atoms with Crippen molar-refractivity contribution in [3.05, 3.63) is 21.8 Å². The minimum Gasteiger partial charge on any atom is -0.462 e. The monoisotopic (exact) mass is 463 g/mol. The van der Waals surface area contributed by atoms with E-state index in [9.17, 15) is 14.4 Å². The van der Waals surface area contributed by atoms with E-state index in [4.69, 9.17) is 4.74 Å². The van der Waals surface area contributed by atoms with Gasteiger partial charge in [-0.25, -0.2) is 4.79 Å². The molecule has 2 aromatic rings. The number of anilines is 1. The molecule has 0 radical (unpaired) electrons. The molecule has 11 heteroatoms. The molecule has 0 spiro atoms. The third-order valence-electron chi connectivity index (χ3n) is 5.19. The second-order valence-electron chi connectivity index (χ2n) is 7.61. The molecule has 0 aliphatic heterocycles. The van der Waals surface area contributed by atoms with Crippen LogP contribution in [0.2, 0.25) is 0 Å². The van der Waals surface area contributed by atoms with E-state index in [1.54, 1.807) is 13.8 Å². The van der Waals surface area contributed by atoms with Crippen LogP contribution in [0.4, 0.5) is 5.00 Å². The normalized spacial score (nSPS) is 15.6. The van der Waals surface area contributed by atoms with Crippen LogP contribution in [-0.2, 0) is 9.53 Å². The number of carbonyl (C=O) groups excluding carboxylic acids is 3. The number of hydrogen-bond acceptors (Lipinski definition) is 8. The summed E-state index contributed by atoms with van der Waals surface area (Å²) in [6.07, 6.45) is 4.55. The lowest BCUT2D eigenvalue weighted by molar-refractivity contribution is -0.113. The van der Waals surface area contributed by atoms with Gasteiger partial charge in [-0.1, -0.05) is 11.8 Å². The van der Waals surface area contributed by atoms with Crippen LogP contribution in [0.3, 0.4) is 0 Å². The van der Waals surface area contributed by atoms with Crippen LogP contribution in [0.1, 0.15) is 76.0 Å². The van der Waals surface area contributed by atoms with Gasteiger partial charge in [-0.05, 0) is 45.1 Å². The van der Waals surface area contributed by atoms with Gasteiger partial charge >= 0.3 is 5.97 Å². The zero-order valence-electron chi connectivity index (χ0n) is 17.7. The molecule has 0 unspecified atom stereocenters. The first-order valence-electron chi connectivity index (χ1n) is 10.3. The van der Waals surface area contributed by atoms with Gasteiger partial charge < -0.3 is 19.9 Å². The molecule has 0 atom stereocenters. The van der Waals surface area contributed by atoms with Crippen molar-refractivity contribution in [1.82, 2.24) is 20.1 Å². The molecule has 2 aliphatic carbocycles. The Balaban J connectivity index is 1.48. The van der Waals surface area contributed by atoms with Gasteiger partial charge in [0.05, 0.1) is 22.8 Å². The Hall–Kier alpha value is -2.40. The Morgan fingerprint density at radius 2 is 1.97 bits per heavy atom. The number of hydrogen-bond donors (Lipinski definition) is 2. The fraction of sp³-hybridized carbons (Fsp3) is 0.550. The number of esters is 1. The summed E-state index contributed by atoms with van der Waals surface area (Å²) in [5, 5.41) is 15.1. The Morgan fingerprint density at radius 3 is 2.58 bits per heavy atom. The topological polar surface area (TPSA) is 115 Å². The van der Waals surface area contributed by atoms with E-state index in [1.807, 2.05) is 0 Å². The molecule has 0 aromatic carbocycles. The number of ether oxygens (including phenoxy) is 1. The lowest BCUT2D eigenvalue weighted by Gasteiger charge is -2.09. The van der Waals surface area contributed by atoms with Crippen LogP contribution in [0, 0.1) is 6.92 Å². The Morgan fingerprint density at radius 1 is 1.23 bits per heavy atom. The number of rotatable bonds is 9. The highest BCUT2D eigenvalue weighted by Crippen LogP contribution is 2.46. The van der Waals surface area contributed by atoms with Crippen molar-refractivity contribution in [2.45, 2.75) is 56.6 Å². The quantitative estimate of drug-likeness (QED) is 0.434. The summed E-state index contributed by atoms with van der Waals surface area (Å²) in [4.78, 5) is 37.7. The molecule has 166 valence electrons. The highest BCUT2D eigenvalue weighted by atomic mass is 32.2. The third kappa shape index (κ3) is 4.62. The van der Waals surface area contributed by atoms with Crippen LogP contribution in [-0.4, -0.2) is 52.0 Å². The second-order valence-corrected chi connectivity index (χ2v) is 9.58. The number of nitrogens with one attached hydrogen (secondary N) is 2. The first kappa shape index (κ1) is 21.8. The van der Waals surface area contributed by atoms with Crippen LogP contribution in [0.5, 0.6) is 0 Å². The van der Waals surface area contributed by atoms with Crippen molar-refractivity contribution in [1.29, 1.82) is 0 Å². The summed E-state index contributed by atoms with van der Waals surface area (Å²) in [5.41, 5.74) is 0.717. The number of aromatic nitrogens is 3. The number of thioether (sulfide) groups is 1. The minimum absolute atomic E-state index is 0.129. The molecule has 31 heavy (non-hydrogen) atoms. The predicted molar refractivity (Wildman–Crippen MR) is 118 cm³/mol. The predicted octanol–water partition coefficient (Wildman–Crippen LogP) is 3.13. The van der Waals surface area contributed by atoms with E-state index in [1.165, 1.54) is 18.8 Å². The number of carbonyl (C=O) groups is 3. The number of thiophene rings is 1. The summed E-state index contributed by atoms with van der Waals surface area (Å²) in [5.74, 6) is 0.521. The molecule has 2 aliphatic rings. The fourth-order valence-electron chi connectivity index (χ4n) is 3.36. The molecule has 2 amide bonds. The van der Waals surface area contributed by atoms with Gasteiger partial charge in [0.1, 0.15) is 10.8 Å². The van der Waals surface area contributed by atoms with Crippen molar-refractivity contribution in [2.75, 3.05) is 24.7 Å². The average Bonchev–Trinajstić information content (AvgIpc) is 3.68. The standard InChI is InChI=1S/C20H25N5O4S2/c1-4-29-19(28)14-10(2)15(17(27)21-3)31-18(14)22-13(26)9-30-20-24-23-16(11-5-6-11)25(20)12-7-8-12/h11-12H,4-9H2,1-3H3,(H,21,27)(H,22,26). The molecule has 4 rings (SSSR count). The maximum absolute atomic E-state index is 12.7. The van der Waals surface area contributed by atoms with E-state index in [-0.39, 0.29) is 29.7 Å². The van der Waals surface area contributed by atoms with Gasteiger partial charge in [0.2, 0.25) is 5.91 Å². The van der Waals surface area contributed by atoms with E-state index in [2.05, 4.69) is 25.4 Å². The molecular formula is C20H25N5O4S2. The van der Waals surface area contributed by atoms with Gasteiger partial charge in [0.25, 0.3) is 5.91 Å². The van der Waals surface area contributed by atoms with E-state index in [0.29, 0.717) is 27.4 Å². The summed E-state index contributed by atoms with van der Waals surface area (Å²) in [7, 11) is 1.52. The SMILES string of the molecule is CCOC(=O)c1c(NC(=O)CSc2nnc(C3CC3)n2C2CC2)sc(C(=O)NC)c1C. The van der Waals surface area contributed by atoms with Crippen LogP contribution >= 0.6 is 23.1 Å². The highest BCUT2D eigenvalue weighted by molar-refractivity contribution is 7.99. The Kier molecular flexibility index (Phi) is 6.33. The number of nitrogens with zero attached hydrogens (tertiary/aromatic N) is 3. The Labute approximate surface area is 188 Å². The first-order valence-corrected chi connectivity index (χ1v) is 12.1. The van der Waals surface area contributed by atoms with Gasteiger partial charge in [0.15, 0.2) is 5.16 Å². The fourth-order valence-corrected chi connectivity index (χ4v) is 5.33. The van der Waals surface area contributed by atoms with Crippen molar-refractivity contribution in [2.24, 2.45) is 0 Å². The molecule has 2 fully saturated rings. The Bertz CT molecular complexity index is 1020. The first-order chi connectivity index (χ1) is 14.9. The van der Waals surface area contributed by atoms with Gasteiger partial charge in [-0.3, -0.25) is 9.59 Å². The van der Waals surface area contributed by atoms with Gasteiger partial charge in [-0.15, -0.1) is 21.5 Å². The molecular weight excluding hydrogens is 438 g/mol. The zero-order chi connectivity index (χ0) is 22.1. The van der Waals surface area contributed by atoms with Gasteiger partial charge in [-0.2, -0.15) is 0 Å². The lowest BCUT2D eigenvalue weighted by atomic mass is 10.1. The van der Waals surface area contributed by atoms with E-state index in [0.717, 1.165) is 48.0 Å².